The topological polar surface area (TPSA) is 105 Å². The van der Waals surface area contributed by atoms with Crippen LogP contribution < -0.4 is 11.1 Å². The monoisotopic (exact) mass is 457 g/mol. The number of aromatic amines is 1. The van der Waals surface area contributed by atoms with Crippen molar-refractivity contribution in [3.63, 3.8) is 0 Å². The second kappa shape index (κ2) is 9.79. The summed E-state index contributed by atoms with van der Waals surface area (Å²) in [6.07, 6.45) is 8.70. The molecule has 1 aliphatic heterocycles. The molecular formula is C26H31N7O. The van der Waals surface area contributed by atoms with E-state index in [4.69, 9.17) is 5.73 Å². The van der Waals surface area contributed by atoms with Crippen molar-refractivity contribution >= 4 is 22.5 Å². The molecule has 2 unspecified atom stereocenters. The number of benzene rings is 2. The summed E-state index contributed by atoms with van der Waals surface area (Å²) in [7, 11) is 0. The maximum Gasteiger partial charge on any atom is 0.221 e. The Kier molecular flexibility index (Phi) is 6.42. The van der Waals surface area contributed by atoms with Gasteiger partial charge in [0.2, 0.25) is 5.91 Å². The van der Waals surface area contributed by atoms with Crippen molar-refractivity contribution in [2.24, 2.45) is 11.7 Å². The van der Waals surface area contributed by atoms with Crippen LogP contribution in [0.15, 0.2) is 61.3 Å². The summed E-state index contributed by atoms with van der Waals surface area (Å²) in [6.45, 7) is 4.26. The van der Waals surface area contributed by atoms with Gasteiger partial charge >= 0.3 is 0 Å². The summed E-state index contributed by atoms with van der Waals surface area (Å²) < 4.78 is 1.93. The van der Waals surface area contributed by atoms with Crippen LogP contribution in [-0.2, 0) is 17.6 Å². The quantitative estimate of drug-likeness (QED) is 0.377. The molecule has 0 saturated carbocycles. The lowest BCUT2D eigenvalue weighted by atomic mass is 9.92. The van der Waals surface area contributed by atoms with E-state index in [1.165, 1.54) is 23.4 Å². The smallest absolute Gasteiger partial charge is 0.221 e. The van der Waals surface area contributed by atoms with Crippen LogP contribution in [0.3, 0.4) is 0 Å². The van der Waals surface area contributed by atoms with Crippen LogP contribution in [0.25, 0.3) is 16.6 Å². The summed E-state index contributed by atoms with van der Waals surface area (Å²) >= 11 is 0. The molecule has 4 N–H and O–H groups in total. The predicted molar refractivity (Wildman–Crippen MR) is 134 cm³/mol. The molecule has 0 aliphatic carbocycles. The zero-order valence-electron chi connectivity index (χ0n) is 19.4. The molecule has 0 spiro atoms. The molecule has 176 valence electrons. The molecule has 2 atom stereocenters. The normalized spacial score (nSPS) is 18.5. The van der Waals surface area contributed by atoms with Gasteiger partial charge in [0.1, 0.15) is 12.7 Å². The highest BCUT2D eigenvalue weighted by atomic mass is 16.1. The number of anilines is 1. The van der Waals surface area contributed by atoms with E-state index < -0.39 is 0 Å². The SMILES string of the molecule is CC(=O)Nc1ccc(CC2CCN(CCc3c[nH]c4ccc(-n5cnnc5)cc34)C2CN)cc1. The van der Waals surface area contributed by atoms with Gasteiger partial charge in [0.05, 0.1) is 0 Å². The Bertz CT molecular complexity index is 1250. The van der Waals surface area contributed by atoms with Crippen molar-refractivity contribution in [1.29, 1.82) is 0 Å². The molecule has 2 aromatic heterocycles. The summed E-state index contributed by atoms with van der Waals surface area (Å²) in [4.78, 5) is 17.2. The van der Waals surface area contributed by atoms with E-state index in [1.807, 2.05) is 16.7 Å². The maximum absolute atomic E-state index is 11.2. The highest BCUT2D eigenvalue weighted by Crippen LogP contribution is 2.29. The Morgan fingerprint density at radius 1 is 1.18 bits per heavy atom. The lowest BCUT2D eigenvalue weighted by molar-refractivity contribution is -0.114. The fraction of sp³-hybridized carbons (Fsp3) is 0.346. The van der Waals surface area contributed by atoms with Crippen molar-refractivity contribution in [1.82, 2.24) is 24.6 Å². The van der Waals surface area contributed by atoms with Gasteiger partial charge < -0.3 is 16.0 Å². The first-order valence-electron chi connectivity index (χ1n) is 11.9. The van der Waals surface area contributed by atoms with Gasteiger partial charge in [0.25, 0.3) is 0 Å². The minimum Gasteiger partial charge on any atom is -0.361 e. The number of fused-ring (bicyclic) bond motifs is 1. The molecule has 4 aromatic rings. The fourth-order valence-corrected chi connectivity index (χ4v) is 5.21. The maximum atomic E-state index is 11.2. The van der Waals surface area contributed by atoms with E-state index in [-0.39, 0.29) is 5.91 Å². The zero-order valence-corrected chi connectivity index (χ0v) is 19.4. The molecule has 0 radical (unpaired) electrons. The number of nitrogens with zero attached hydrogens (tertiary/aromatic N) is 4. The number of carbonyl (C=O) groups excluding carboxylic acids is 1. The molecule has 1 aliphatic rings. The Hall–Kier alpha value is -3.49. The second-order valence-corrected chi connectivity index (χ2v) is 9.13. The van der Waals surface area contributed by atoms with Crippen molar-refractivity contribution in [2.45, 2.75) is 32.2 Å². The second-order valence-electron chi connectivity index (χ2n) is 9.13. The highest BCUT2D eigenvalue weighted by molar-refractivity contribution is 5.88. The van der Waals surface area contributed by atoms with Gasteiger partial charge in [-0.05, 0) is 73.2 Å². The standard InChI is InChI=1S/C26H31N7O/c1-18(34)31-22-4-2-19(3-5-22)12-20-8-10-32(26(20)14-27)11-9-21-15-28-25-7-6-23(13-24(21)25)33-16-29-30-17-33/h2-7,13,15-17,20,26,28H,8-12,14,27H2,1H3,(H,31,34). The number of carbonyl (C=O) groups is 1. The van der Waals surface area contributed by atoms with Crippen molar-refractivity contribution in [3.05, 3.63) is 72.4 Å². The third-order valence-electron chi connectivity index (χ3n) is 6.95. The van der Waals surface area contributed by atoms with Gasteiger partial charge in [0.15, 0.2) is 0 Å². The first kappa shape index (κ1) is 22.3. The van der Waals surface area contributed by atoms with Crippen molar-refractivity contribution < 1.29 is 4.79 Å². The van der Waals surface area contributed by atoms with E-state index in [2.05, 4.69) is 61.9 Å². The van der Waals surface area contributed by atoms with Crippen LogP contribution in [0.5, 0.6) is 0 Å². The Morgan fingerprint density at radius 3 is 2.71 bits per heavy atom. The molecule has 34 heavy (non-hydrogen) atoms. The molecule has 8 nitrogen and oxygen atoms in total. The van der Waals surface area contributed by atoms with Gasteiger partial charge in [0, 0.05) is 54.5 Å². The molecule has 1 amide bonds. The molecule has 1 fully saturated rings. The summed E-state index contributed by atoms with van der Waals surface area (Å²) in [5, 5.41) is 11.9. The number of likely N-dealkylation sites (tertiary alicyclic amines) is 1. The van der Waals surface area contributed by atoms with Crippen LogP contribution in [0.1, 0.15) is 24.5 Å². The molecular weight excluding hydrogens is 426 g/mol. The molecule has 2 aromatic carbocycles. The molecule has 3 heterocycles. The van der Waals surface area contributed by atoms with Crippen molar-refractivity contribution in [3.8, 4) is 5.69 Å². The van der Waals surface area contributed by atoms with Crippen molar-refractivity contribution in [2.75, 3.05) is 25.0 Å². The van der Waals surface area contributed by atoms with E-state index in [0.717, 1.165) is 49.2 Å². The number of aromatic nitrogens is 4. The average molecular weight is 458 g/mol. The minimum absolute atomic E-state index is 0.0486. The van der Waals surface area contributed by atoms with Crippen LogP contribution in [0, 0.1) is 5.92 Å². The van der Waals surface area contributed by atoms with E-state index in [9.17, 15) is 4.79 Å². The zero-order chi connectivity index (χ0) is 23.5. The number of hydrogen-bond donors (Lipinski definition) is 3. The number of rotatable bonds is 8. The first-order valence-corrected chi connectivity index (χ1v) is 11.9. The Labute approximate surface area is 199 Å². The number of amides is 1. The minimum atomic E-state index is -0.0486. The van der Waals surface area contributed by atoms with Gasteiger partial charge in [-0.1, -0.05) is 12.1 Å². The number of nitrogens with two attached hydrogens (primary N) is 1. The third-order valence-corrected chi connectivity index (χ3v) is 6.95. The Morgan fingerprint density at radius 2 is 1.97 bits per heavy atom. The summed E-state index contributed by atoms with van der Waals surface area (Å²) in [6, 6.07) is 14.9. The Balaban J connectivity index is 1.23. The first-order chi connectivity index (χ1) is 16.6. The largest absolute Gasteiger partial charge is 0.361 e. The van der Waals surface area contributed by atoms with Crippen LogP contribution in [0.4, 0.5) is 5.69 Å². The van der Waals surface area contributed by atoms with Gasteiger partial charge in [-0.2, -0.15) is 0 Å². The summed E-state index contributed by atoms with van der Waals surface area (Å²) in [5.74, 6) is 0.493. The van der Waals surface area contributed by atoms with E-state index >= 15 is 0 Å². The third kappa shape index (κ3) is 4.73. The van der Waals surface area contributed by atoms with Crippen LogP contribution >= 0.6 is 0 Å². The molecule has 1 saturated heterocycles. The molecule has 5 rings (SSSR count). The van der Waals surface area contributed by atoms with Crippen LogP contribution in [-0.4, -0.2) is 56.2 Å². The van der Waals surface area contributed by atoms with E-state index in [1.54, 1.807) is 12.7 Å². The van der Waals surface area contributed by atoms with Gasteiger partial charge in [-0.25, -0.2) is 0 Å². The van der Waals surface area contributed by atoms with Gasteiger partial charge in [-0.15, -0.1) is 10.2 Å². The number of hydrogen-bond acceptors (Lipinski definition) is 5. The van der Waals surface area contributed by atoms with Crippen LogP contribution in [0.2, 0.25) is 0 Å². The average Bonchev–Trinajstić information content (AvgIpc) is 3.58. The summed E-state index contributed by atoms with van der Waals surface area (Å²) in [5.41, 5.74) is 11.9. The predicted octanol–water partition coefficient (Wildman–Crippen LogP) is 3.14. The lowest BCUT2D eigenvalue weighted by Crippen LogP contribution is -2.40. The van der Waals surface area contributed by atoms with E-state index in [0.29, 0.717) is 18.5 Å². The molecule has 0 bridgehead atoms. The fourth-order valence-electron chi connectivity index (χ4n) is 5.21. The van der Waals surface area contributed by atoms with Gasteiger partial charge in [-0.3, -0.25) is 14.3 Å². The number of nitrogens with one attached hydrogen (secondary N) is 2. The molecule has 8 heteroatoms. The number of H-pyrrole nitrogens is 1. The lowest BCUT2D eigenvalue weighted by Gasteiger charge is -2.27. The highest BCUT2D eigenvalue weighted by Gasteiger charge is 2.32.